The van der Waals surface area contributed by atoms with Crippen LogP contribution in [-0.4, -0.2) is 17.8 Å². The first-order valence-electron chi connectivity index (χ1n) is 6.02. The SMILES string of the molecule is CC(C)[C@@H](CO)NCc1cc2ccccc2o1. The van der Waals surface area contributed by atoms with Crippen LogP contribution in [0.3, 0.4) is 0 Å². The van der Waals surface area contributed by atoms with E-state index >= 15 is 0 Å². The van der Waals surface area contributed by atoms with Crippen molar-refractivity contribution >= 4 is 11.0 Å². The molecule has 0 radical (unpaired) electrons. The molecule has 0 bridgehead atoms. The topological polar surface area (TPSA) is 45.4 Å². The van der Waals surface area contributed by atoms with Crippen LogP contribution in [0.25, 0.3) is 11.0 Å². The van der Waals surface area contributed by atoms with Crippen molar-refractivity contribution in [2.75, 3.05) is 6.61 Å². The summed E-state index contributed by atoms with van der Waals surface area (Å²) in [6.45, 7) is 4.98. The number of aliphatic hydroxyl groups is 1. The summed E-state index contributed by atoms with van der Waals surface area (Å²) in [5.74, 6) is 1.31. The zero-order valence-electron chi connectivity index (χ0n) is 10.3. The summed E-state index contributed by atoms with van der Waals surface area (Å²) in [5.41, 5.74) is 0.911. The molecule has 0 fully saturated rings. The molecule has 1 heterocycles. The molecule has 0 aliphatic heterocycles. The number of fused-ring (bicyclic) bond motifs is 1. The second-order valence-corrected chi connectivity index (χ2v) is 4.66. The van der Waals surface area contributed by atoms with Crippen LogP contribution in [0.4, 0.5) is 0 Å². The highest BCUT2D eigenvalue weighted by Crippen LogP contribution is 2.18. The van der Waals surface area contributed by atoms with Crippen molar-refractivity contribution in [2.24, 2.45) is 5.92 Å². The molecule has 3 nitrogen and oxygen atoms in total. The Labute approximate surface area is 101 Å². The maximum Gasteiger partial charge on any atom is 0.134 e. The molecule has 92 valence electrons. The van der Waals surface area contributed by atoms with Gasteiger partial charge in [0.25, 0.3) is 0 Å². The van der Waals surface area contributed by atoms with Crippen LogP contribution >= 0.6 is 0 Å². The largest absolute Gasteiger partial charge is 0.460 e. The van der Waals surface area contributed by atoms with E-state index < -0.39 is 0 Å². The molecule has 2 aromatic rings. The number of furan rings is 1. The normalized spacial score (nSPS) is 13.4. The Balaban J connectivity index is 2.03. The van der Waals surface area contributed by atoms with Gasteiger partial charge in [0.05, 0.1) is 13.2 Å². The lowest BCUT2D eigenvalue weighted by Crippen LogP contribution is -2.36. The zero-order valence-corrected chi connectivity index (χ0v) is 10.3. The third-order valence-electron chi connectivity index (χ3n) is 3.02. The molecule has 0 spiro atoms. The molecule has 0 saturated heterocycles. The van der Waals surface area contributed by atoms with Crippen molar-refractivity contribution in [2.45, 2.75) is 26.4 Å². The summed E-state index contributed by atoms with van der Waals surface area (Å²) in [5, 5.41) is 13.6. The Kier molecular flexibility index (Phi) is 3.82. The van der Waals surface area contributed by atoms with E-state index in [1.165, 1.54) is 0 Å². The van der Waals surface area contributed by atoms with Crippen LogP contribution in [0, 0.1) is 5.92 Å². The summed E-state index contributed by atoms with van der Waals surface area (Å²) < 4.78 is 5.70. The second-order valence-electron chi connectivity index (χ2n) is 4.66. The van der Waals surface area contributed by atoms with Crippen molar-refractivity contribution in [1.82, 2.24) is 5.32 Å². The van der Waals surface area contributed by atoms with E-state index in [1.807, 2.05) is 30.3 Å². The molecule has 0 unspecified atom stereocenters. The van der Waals surface area contributed by atoms with Crippen molar-refractivity contribution in [3.8, 4) is 0 Å². The van der Waals surface area contributed by atoms with Gasteiger partial charge in [-0.25, -0.2) is 0 Å². The monoisotopic (exact) mass is 233 g/mol. The average molecular weight is 233 g/mol. The van der Waals surface area contributed by atoms with E-state index in [1.54, 1.807) is 0 Å². The fourth-order valence-corrected chi connectivity index (χ4v) is 1.87. The van der Waals surface area contributed by atoms with Crippen LogP contribution in [0.15, 0.2) is 34.7 Å². The van der Waals surface area contributed by atoms with Crippen molar-refractivity contribution in [1.29, 1.82) is 0 Å². The van der Waals surface area contributed by atoms with Gasteiger partial charge >= 0.3 is 0 Å². The van der Waals surface area contributed by atoms with Crippen LogP contribution in [-0.2, 0) is 6.54 Å². The van der Waals surface area contributed by atoms with Gasteiger partial charge in [-0.3, -0.25) is 0 Å². The van der Waals surface area contributed by atoms with Crippen LogP contribution in [0.1, 0.15) is 19.6 Å². The molecular formula is C14H19NO2. The first kappa shape index (κ1) is 12.1. The minimum Gasteiger partial charge on any atom is -0.460 e. The molecule has 0 aliphatic rings. The molecule has 1 aromatic heterocycles. The Morgan fingerprint density at radius 1 is 1.29 bits per heavy atom. The van der Waals surface area contributed by atoms with Crippen molar-refractivity contribution in [3.05, 3.63) is 36.1 Å². The fourth-order valence-electron chi connectivity index (χ4n) is 1.87. The van der Waals surface area contributed by atoms with E-state index in [-0.39, 0.29) is 12.6 Å². The molecule has 1 atom stereocenters. The van der Waals surface area contributed by atoms with Gasteiger partial charge in [-0.15, -0.1) is 0 Å². The van der Waals surface area contributed by atoms with Gasteiger partial charge in [-0.1, -0.05) is 32.0 Å². The van der Waals surface area contributed by atoms with Gasteiger partial charge < -0.3 is 14.8 Å². The second kappa shape index (κ2) is 5.34. The van der Waals surface area contributed by atoms with E-state index in [4.69, 9.17) is 4.42 Å². The lowest BCUT2D eigenvalue weighted by molar-refractivity contribution is 0.207. The van der Waals surface area contributed by atoms with E-state index in [9.17, 15) is 5.11 Å². The summed E-state index contributed by atoms with van der Waals surface area (Å²) in [6.07, 6.45) is 0. The molecule has 2 N–H and O–H groups in total. The first-order chi connectivity index (χ1) is 8.20. The highest BCUT2D eigenvalue weighted by atomic mass is 16.3. The maximum absolute atomic E-state index is 9.22. The highest BCUT2D eigenvalue weighted by Gasteiger charge is 2.12. The number of benzene rings is 1. The van der Waals surface area contributed by atoms with E-state index in [0.29, 0.717) is 12.5 Å². The summed E-state index contributed by atoms with van der Waals surface area (Å²) in [4.78, 5) is 0. The van der Waals surface area contributed by atoms with Gasteiger partial charge in [-0.05, 0) is 18.1 Å². The average Bonchev–Trinajstić information content (AvgIpc) is 2.71. The number of aliphatic hydroxyl groups excluding tert-OH is 1. The Morgan fingerprint density at radius 3 is 2.71 bits per heavy atom. The summed E-state index contributed by atoms with van der Waals surface area (Å²) >= 11 is 0. The Hall–Kier alpha value is -1.32. The number of nitrogens with one attached hydrogen (secondary N) is 1. The fraction of sp³-hybridized carbons (Fsp3) is 0.429. The predicted octanol–water partition coefficient (Wildman–Crippen LogP) is 2.54. The molecule has 17 heavy (non-hydrogen) atoms. The van der Waals surface area contributed by atoms with E-state index in [2.05, 4.69) is 19.2 Å². The number of hydrogen-bond donors (Lipinski definition) is 2. The van der Waals surface area contributed by atoms with Gasteiger partial charge in [0.15, 0.2) is 0 Å². The number of rotatable bonds is 5. The third-order valence-corrected chi connectivity index (χ3v) is 3.02. The predicted molar refractivity (Wildman–Crippen MR) is 68.8 cm³/mol. The highest BCUT2D eigenvalue weighted by molar-refractivity contribution is 5.77. The number of para-hydroxylation sites is 1. The minimum atomic E-state index is 0.114. The lowest BCUT2D eigenvalue weighted by Gasteiger charge is -2.18. The van der Waals surface area contributed by atoms with E-state index in [0.717, 1.165) is 16.7 Å². The molecular weight excluding hydrogens is 214 g/mol. The number of hydrogen-bond acceptors (Lipinski definition) is 3. The molecule has 0 aliphatic carbocycles. The third kappa shape index (κ3) is 2.87. The maximum atomic E-state index is 9.22. The van der Waals surface area contributed by atoms with Gasteiger partial charge in [0, 0.05) is 11.4 Å². The van der Waals surface area contributed by atoms with Gasteiger partial charge in [0.1, 0.15) is 11.3 Å². The van der Waals surface area contributed by atoms with Crippen molar-refractivity contribution < 1.29 is 9.52 Å². The quantitative estimate of drug-likeness (QED) is 0.834. The minimum absolute atomic E-state index is 0.114. The summed E-state index contributed by atoms with van der Waals surface area (Å²) in [7, 11) is 0. The molecule has 2 rings (SSSR count). The van der Waals surface area contributed by atoms with Crippen LogP contribution in [0.2, 0.25) is 0 Å². The Morgan fingerprint density at radius 2 is 2.06 bits per heavy atom. The van der Waals surface area contributed by atoms with Crippen LogP contribution in [0.5, 0.6) is 0 Å². The zero-order chi connectivity index (χ0) is 12.3. The molecule has 1 aromatic carbocycles. The van der Waals surface area contributed by atoms with Crippen LogP contribution < -0.4 is 5.32 Å². The standard InChI is InChI=1S/C14H19NO2/c1-10(2)13(9-16)15-8-12-7-11-5-3-4-6-14(11)17-12/h3-7,10,13,15-16H,8-9H2,1-2H3/t13-/m1/s1. The smallest absolute Gasteiger partial charge is 0.134 e. The lowest BCUT2D eigenvalue weighted by atomic mass is 10.1. The van der Waals surface area contributed by atoms with Gasteiger partial charge in [-0.2, -0.15) is 0 Å². The van der Waals surface area contributed by atoms with Crippen molar-refractivity contribution in [3.63, 3.8) is 0 Å². The molecule has 3 heteroatoms. The molecule has 0 saturated carbocycles. The summed E-state index contributed by atoms with van der Waals surface area (Å²) in [6, 6.07) is 10.1. The first-order valence-corrected chi connectivity index (χ1v) is 6.02. The Bertz CT molecular complexity index is 443. The molecule has 0 amide bonds. The van der Waals surface area contributed by atoms with Gasteiger partial charge in [0.2, 0.25) is 0 Å².